The zero-order valence-electron chi connectivity index (χ0n) is 13.0. The van der Waals surface area contributed by atoms with Crippen molar-refractivity contribution in [1.82, 2.24) is 10.2 Å². The van der Waals surface area contributed by atoms with Crippen LogP contribution in [0.25, 0.3) is 0 Å². The van der Waals surface area contributed by atoms with Crippen molar-refractivity contribution in [2.24, 2.45) is 11.8 Å². The molecule has 1 amide bonds. The van der Waals surface area contributed by atoms with Crippen LogP contribution < -0.4 is 5.32 Å². The zero-order valence-corrected chi connectivity index (χ0v) is 13.0. The molecule has 1 rings (SSSR count). The lowest BCUT2D eigenvalue weighted by atomic mass is 10.0. The molecule has 1 fully saturated rings. The van der Waals surface area contributed by atoms with Gasteiger partial charge in [0.2, 0.25) is 5.91 Å². The van der Waals surface area contributed by atoms with Gasteiger partial charge in [0, 0.05) is 19.5 Å². The molecular formula is C15H28N2O3. The average molecular weight is 284 g/mol. The molecule has 116 valence electrons. The largest absolute Gasteiger partial charge is 0.469 e. The molecule has 0 radical (unpaired) electrons. The minimum Gasteiger partial charge on any atom is -0.469 e. The van der Waals surface area contributed by atoms with E-state index >= 15 is 0 Å². The first-order valence-corrected chi connectivity index (χ1v) is 7.58. The van der Waals surface area contributed by atoms with Crippen LogP contribution in [0.1, 0.15) is 39.5 Å². The lowest BCUT2D eigenvalue weighted by molar-refractivity contribution is -0.142. The van der Waals surface area contributed by atoms with Gasteiger partial charge >= 0.3 is 5.97 Å². The molecule has 20 heavy (non-hydrogen) atoms. The molecule has 5 heteroatoms. The van der Waals surface area contributed by atoms with Gasteiger partial charge < -0.3 is 15.0 Å². The minimum absolute atomic E-state index is 0.162. The van der Waals surface area contributed by atoms with Crippen LogP contribution in [0.3, 0.4) is 0 Å². The first-order chi connectivity index (χ1) is 9.52. The van der Waals surface area contributed by atoms with Gasteiger partial charge in [-0.3, -0.25) is 9.59 Å². The molecule has 0 aromatic carbocycles. The number of rotatable bonds is 8. The summed E-state index contributed by atoms with van der Waals surface area (Å²) in [6.45, 7) is 7.43. The summed E-state index contributed by atoms with van der Waals surface area (Å²) >= 11 is 0. The summed E-state index contributed by atoms with van der Waals surface area (Å²) in [7, 11) is 1.38. The minimum atomic E-state index is -0.258. The van der Waals surface area contributed by atoms with Crippen molar-refractivity contribution in [3.63, 3.8) is 0 Å². The number of amides is 1. The van der Waals surface area contributed by atoms with Crippen molar-refractivity contribution in [2.45, 2.75) is 39.5 Å². The Balaban J connectivity index is 2.39. The van der Waals surface area contributed by atoms with Crippen LogP contribution in [0.4, 0.5) is 0 Å². The normalized spacial score (nSPS) is 18.3. The molecule has 1 unspecified atom stereocenters. The molecule has 0 spiro atoms. The van der Waals surface area contributed by atoms with E-state index in [-0.39, 0.29) is 18.3 Å². The highest BCUT2D eigenvalue weighted by Crippen LogP contribution is 2.15. The summed E-state index contributed by atoms with van der Waals surface area (Å²) in [5.41, 5.74) is 0. The third kappa shape index (κ3) is 6.37. The molecule has 1 saturated heterocycles. The van der Waals surface area contributed by atoms with Gasteiger partial charge in [-0.1, -0.05) is 13.8 Å². The Morgan fingerprint density at radius 3 is 2.65 bits per heavy atom. The summed E-state index contributed by atoms with van der Waals surface area (Å²) < 4.78 is 4.64. The van der Waals surface area contributed by atoms with E-state index in [1.54, 1.807) is 0 Å². The van der Waals surface area contributed by atoms with Gasteiger partial charge in [0.05, 0.1) is 13.5 Å². The van der Waals surface area contributed by atoms with Crippen molar-refractivity contribution in [2.75, 3.05) is 33.3 Å². The van der Waals surface area contributed by atoms with Gasteiger partial charge in [-0.05, 0) is 37.8 Å². The molecule has 0 aromatic rings. The third-order valence-corrected chi connectivity index (χ3v) is 3.68. The summed E-state index contributed by atoms with van der Waals surface area (Å²) in [5.74, 6) is 0.936. The lowest BCUT2D eigenvalue weighted by Gasteiger charge is -2.24. The van der Waals surface area contributed by atoms with Gasteiger partial charge in [-0.2, -0.15) is 0 Å². The van der Waals surface area contributed by atoms with E-state index in [0.717, 1.165) is 19.5 Å². The molecule has 1 aliphatic heterocycles. The van der Waals surface area contributed by atoms with Crippen molar-refractivity contribution in [1.29, 1.82) is 0 Å². The van der Waals surface area contributed by atoms with E-state index in [1.807, 2.05) is 4.90 Å². The Bertz CT molecular complexity index is 312. The maximum Gasteiger partial charge on any atom is 0.307 e. The number of hydrogen-bond acceptors (Lipinski definition) is 4. The summed E-state index contributed by atoms with van der Waals surface area (Å²) in [6.07, 6.45) is 2.97. The number of methoxy groups -OCH3 is 1. The molecule has 1 aliphatic rings. The molecule has 0 aliphatic carbocycles. The highest BCUT2D eigenvalue weighted by atomic mass is 16.5. The number of nitrogens with one attached hydrogen (secondary N) is 1. The van der Waals surface area contributed by atoms with Crippen LogP contribution in [0, 0.1) is 11.8 Å². The number of hydrogen-bond donors (Lipinski definition) is 1. The second kappa shape index (κ2) is 8.95. The Morgan fingerprint density at radius 2 is 2.10 bits per heavy atom. The van der Waals surface area contributed by atoms with E-state index in [0.29, 0.717) is 31.3 Å². The van der Waals surface area contributed by atoms with Gasteiger partial charge in [0.15, 0.2) is 0 Å². The number of carbonyl (C=O) groups excluding carboxylic acids is 2. The van der Waals surface area contributed by atoms with Crippen molar-refractivity contribution in [3.8, 4) is 0 Å². The average Bonchev–Trinajstić information content (AvgIpc) is 2.93. The molecule has 5 nitrogen and oxygen atoms in total. The van der Waals surface area contributed by atoms with Crippen LogP contribution in [-0.4, -0.2) is 50.1 Å². The Labute approximate surface area is 122 Å². The highest BCUT2D eigenvalue weighted by Gasteiger charge is 2.20. The monoisotopic (exact) mass is 284 g/mol. The quantitative estimate of drug-likeness (QED) is 0.685. The summed E-state index contributed by atoms with van der Waals surface area (Å²) in [4.78, 5) is 25.3. The number of ether oxygens (including phenoxy) is 1. The fourth-order valence-corrected chi connectivity index (χ4v) is 2.53. The van der Waals surface area contributed by atoms with Crippen molar-refractivity contribution < 1.29 is 14.3 Å². The Hall–Kier alpha value is -1.10. The van der Waals surface area contributed by atoms with Gasteiger partial charge in [-0.15, -0.1) is 0 Å². The standard InChI is InChI=1S/C15H28N2O3/c1-12(2)11-17(9-7-15(19)20-3)14(18)5-4-13-6-8-16-10-13/h12-13,16H,4-11H2,1-3H3. The van der Waals surface area contributed by atoms with Crippen LogP contribution in [0.15, 0.2) is 0 Å². The van der Waals surface area contributed by atoms with E-state index in [4.69, 9.17) is 0 Å². The van der Waals surface area contributed by atoms with Crippen LogP contribution in [-0.2, 0) is 14.3 Å². The zero-order chi connectivity index (χ0) is 15.0. The Kier molecular flexibility index (Phi) is 7.59. The fraction of sp³-hybridized carbons (Fsp3) is 0.867. The van der Waals surface area contributed by atoms with Gasteiger partial charge in [0.25, 0.3) is 0 Å². The Morgan fingerprint density at radius 1 is 1.35 bits per heavy atom. The molecule has 0 bridgehead atoms. The molecule has 1 heterocycles. The van der Waals surface area contributed by atoms with E-state index in [1.165, 1.54) is 13.5 Å². The molecule has 0 saturated carbocycles. The smallest absolute Gasteiger partial charge is 0.307 e. The van der Waals surface area contributed by atoms with Gasteiger partial charge in [0.1, 0.15) is 0 Å². The lowest BCUT2D eigenvalue weighted by Crippen LogP contribution is -2.36. The molecule has 0 aromatic heterocycles. The number of nitrogens with zero attached hydrogens (tertiary/aromatic N) is 1. The second-order valence-corrected chi connectivity index (χ2v) is 5.96. The second-order valence-electron chi connectivity index (χ2n) is 5.96. The number of esters is 1. The maximum atomic E-state index is 12.3. The molecule has 1 atom stereocenters. The van der Waals surface area contributed by atoms with Gasteiger partial charge in [-0.25, -0.2) is 0 Å². The fourth-order valence-electron chi connectivity index (χ4n) is 2.53. The number of carbonyl (C=O) groups is 2. The van der Waals surface area contributed by atoms with E-state index < -0.39 is 0 Å². The van der Waals surface area contributed by atoms with Crippen LogP contribution in [0.2, 0.25) is 0 Å². The van der Waals surface area contributed by atoms with E-state index in [9.17, 15) is 9.59 Å². The predicted octanol–water partition coefficient (Wildman–Crippen LogP) is 1.42. The maximum absolute atomic E-state index is 12.3. The first-order valence-electron chi connectivity index (χ1n) is 7.58. The topological polar surface area (TPSA) is 58.6 Å². The van der Waals surface area contributed by atoms with Crippen molar-refractivity contribution >= 4 is 11.9 Å². The first kappa shape index (κ1) is 17.0. The molecular weight excluding hydrogens is 256 g/mol. The highest BCUT2D eigenvalue weighted by molar-refractivity contribution is 5.77. The third-order valence-electron chi connectivity index (χ3n) is 3.68. The summed E-state index contributed by atoms with van der Waals surface area (Å²) in [6, 6.07) is 0. The van der Waals surface area contributed by atoms with Crippen LogP contribution >= 0.6 is 0 Å². The predicted molar refractivity (Wildman–Crippen MR) is 78.3 cm³/mol. The summed E-state index contributed by atoms with van der Waals surface area (Å²) in [5, 5.41) is 3.32. The van der Waals surface area contributed by atoms with Crippen LogP contribution in [0.5, 0.6) is 0 Å². The van der Waals surface area contributed by atoms with E-state index in [2.05, 4.69) is 23.9 Å². The molecule has 1 N–H and O–H groups in total. The SMILES string of the molecule is COC(=O)CCN(CC(C)C)C(=O)CCC1CCNC1. The van der Waals surface area contributed by atoms with Crippen molar-refractivity contribution in [3.05, 3.63) is 0 Å².